The van der Waals surface area contributed by atoms with Gasteiger partial charge in [-0.25, -0.2) is 4.68 Å². The monoisotopic (exact) mass is 265 g/mol. The number of nitrogens with one attached hydrogen (secondary N) is 2. The summed E-state index contributed by atoms with van der Waals surface area (Å²) in [4.78, 5) is 4.32. The van der Waals surface area contributed by atoms with Gasteiger partial charge < -0.3 is 5.32 Å². The molecule has 2 N–H and O–H groups in total. The number of anilines is 2. The molecule has 0 unspecified atom stereocenters. The Bertz CT molecular complexity index is 905. The molecule has 0 atom stereocenters. The summed E-state index contributed by atoms with van der Waals surface area (Å²) < 4.78 is 1.74. The summed E-state index contributed by atoms with van der Waals surface area (Å²) in [5.41, 5.74) is 4.46. The maximum absolute atomic E-state index is 4.32. The van der Waals surface area contributed by atoms with Gasteiger partial charge in [0.15, 0.2) is 5.82 Å². The van der Waals surface area contributed by atoms with Crippen molar-refractivity contribution in [3.8, 4) is 0 Å². The molecule has 0 aliphatic heterocycles. The fourth-order valence-electron chi connectivity index (χ4n) is 2.19. The molecule has 0 fully saturated rings. The zero-order chi connectivity index (χ0) is 13.5. The number of aromatic amines is 1. The molecular weight excluding hydrogens is 254 g/mol. The summed E-state index contributed by atoms with van der Waals surface area (Å²) >= 11 is 0. The van der Waals surface area contributed by atoms with Gasteiger partial charge in [-0.15, -0.1) is 5.10 Å². The van der Waals surface area contributed by atoms with Gasteiger partial charge in [-0.2, -0.15) is 5.10 Å². The fraction of sp³-hybridized carbons (Fsp3) is 0.0769. The summed E-state index contributed by atoms with van der Waals surface area (Å²) in [6, 6.07) is 9.67. The van der Waals surface area contributed by atoms with Crippen LogP contribution in [-0.4, -0.2) is 30.2 Å². The molecule has 0 saturated carbocycles. The molecule has 0 saturated heterocycles. The van der Waals surface area contributed by atoms with Crippen LogP contribution in [0.25, 0.3) is 22.1 Å². The number of H-pyrrole nitrogens is 1. The van der Waals surface area contributed by atoms with Gasteiger partial charge in [0.1, 0.15) is 11.0 Å². The first kappa shape index (κ1) is 10.9. The molecule has 20 heavy (non-hydrogen) atoms. The fourth-order valence-corrected chi connectivity index (χ4v) is 2.19. The number of benzene rings is 1. The van der Waals surface area contributed by atoms with Crippen LogP contribution in [0.3, 0.4) is 0 Å². The van der Waals surface area contributed by atoms with Crippen molar-refractivity contribution in [1.82, 2.24) is 30.2 Å². The lowest BCUT2D eigenvalue weighted by Gasteiger charge is -2.03. The van der Waals surface area contributed by atoms with Crippen molar-refractivity contribution < 1.29 is 0 Å². The number of rotatable bonds is 2. The van der Waals surface area contributed by atoms with Crippen LogP contribution in [0.1, 0.15) is 0 Å². The number of aryl methyl sites for hydroxylation is 1. The first-order chi connectivity index (χ1) is 9.81. The molecule has 98 valence electrons. The van der Waals surface area contributed by atoms with E-state index in [0.717, 1.165) is 27.8 Å². The lowest BCUT2D eigenvalue weighted by Crippen LogP contribution is -1.93. The Labute approximate surface area is 113 Å². The molecule has 3 aromatic heterocycles. The predicted molar refractivity (Wildman–Crippen MR) is 75.7 cm³/mol. The molecule has 0 aliphatic rings. The molecule has 0 spiro atoms. The quantitative estimate of drug-likeness (QED) is 0.579. The second-order valence-corrected chi connectivity index (χ2v) is 4.51. The number of aromatic nitrogens is 6. The SMILES string of the molecule is Cn1nnc2ccc(Nc3n[nH]c4cccnc34)cc21. The number of hydrogen-bond donors (Lipinski definition) is 2. The molecule has 0 radical (unpaired) electrons. The number of nitrogens with zero attached hydrogens (tertiary/aromatic N) is 5. The highest BCUT2D eigenvalue weighted by Crippen LogP contribution is 2.23. The van der Waals surface area contributed by atoms with Crippen LogP contribution in [0.15, 0.2) is 36.5 Å². The van der Waals surface area contributed by atoms with Crippen LogP contribution >= 0.6 is 0 Å². The van der Waals surface area contributed by atoms with Crippen LogP contribution in [0.2, 0.25) is 0 Å². The van der Waals surface area contributed by atoms with E-state index in [1.165, 1.54) is 0 Å². The minimum absolute atomic E-state index is 0.704. The van der Waals surface area contributed by atoms with E-state index in [0.29, 0.717) is 5.82 Å². The molecule has 0 aliphatic carbocycles. The van der Waals surface area contributed by atoms with E-state index in [2.05, 4.69) is 30.8 Å². The van der Waals surface area contributed by atoms with Gasteiger partial charge >= 0.3 is 0 Å². The second kappa shape index (κ2) is 4.02. The number of hydrogen-bond acceptors (Lipinski definition) is 5. The van der Waals surface area contributed by atoms with Gasteiger partial charge in [0.2, 0.25) is 0 Å². The zero-order valence-electron chi connectivity index (χ0n) is 10.7. The third-order valence-electron chi connectivity index (χ3n) is 3.19. The molecule has 7 heteroatoms. The maximum atomic E-state index is 4.32. The van der Waals surface area contributed by atoms with E-state index in [9.17, 15) is 0 Å². The summed E-state index contributed by atoms with van der Waals surface area (Å²) in [6.07, 6.45) is 1.75. The zero-order valence-corrected chi connectivity index (χ0v) is 10.7. The largest absolute Gasteiger partial charge is 0.337 e. The highest BCUT2D eigenvalue weighted by Gasteiger charge is 2.08. The molecule has 0 bridgehead atoms. The molecule has 4 rings (SSSR count). The van der Waals surface area contributed by atoms with Gasteiger partial charge in [0.05, 0.1) is 11.0 Å². The third kappa shape index (κ3) is 1.60. The summed E-state index contributed by atoms with van der Waals surface area (Å²) in [5, 5.41) is 18.5. The van der Waals surface area contributed by atoms with Crippen molar-refractivity contribution in [3.63, 3.8) is 0 Å². The lowest BCUT2D eigenvalue weighted by atomic mass is 10.2. The van der Waals surface area contributed by atoms with Gasteiger partial charge in [-0.1, -0.05) is 5.21 Å². The minimum Gasteiger partial charge on any atom is -0.337 e. The Kier molecular flexibility index (Phi) is 2.19. The maximum Gasteiger partial charge on any atom is 0.178 e. The first-order valence-electron chi connectivity index (χ1n) is 6.17. The van der Waals surface area contributed by atoms with Crippen LogP contribution in [0.4, 0.5) is 11.5 Å². The van der Waals surface area contributed by atoms with Crippen LogP contribution in [0, 0.1) is 0 Å². The van der Waals surface area contributed by atoms with E-state index >= 15 is 0 Å². The van der Waals surface area contributed by atoms with Crippen LogP contribution in [0.5, 0.6) is 0 Å². The lowest BCUT2D eigenvalue weighted by molar-refractivity contribution is 0.736. The molecule has 4 aromatic rings. The normalized spacial score (nSPS) is 11.2. The standard InChI is InChI=1S/C13H11N7/c1-20-11-7-8(4-5-9(11)17-19-20)15-13-12-10(16-18-13)3-2-6-14-12/h2-7H,1H3,(H2,15,16,18). The Hall–Kier alpha value is -2.96. The van der Waals surface area contributed by atoms with E-state index in [1.54, 1.807) is 10.9 Å². The topological polar surface area (TPSA) is 84.3 Å². The van der Waals surface area contributed by atoms with Crippen molar-refractivity contribution in [3.05, 3.63) is 36.5 Å². The van der Waals surface area contributed by atoms with Gasteiger partial charge in [-0.05, 0) is 30.3 Å². The van der Waals surface area contributed by atoms with Crippen molar-refractivity contribution >= 4 is 33.6 Å². The third-order valence-corrected chi connectivity index (χ3v) is 3.19. The van der Waals surface area contributed by atoms with Gasteiger partial charge in [0, 0.05) is 18.9 Å². The van der Waals surface area contributed by atoms with Crippen molar-refractivity contribution in [2.75, 3.05) is 5.32 Å². The Morgan fingerprint density at radius 3 is 3.15 bits per heavy atom. The number of fused-ring (bicyclic) bond motifs is 2. The first-order valence-corrected chi connectivity index (χ1v) is 6.17. The highest BCUT2D eigenvalue weighted by molar-refractivity contribution is 5.88. The molecule has 3 heterocycles. The Balaban J connectivity index is 1.78. The molecule has 1 aromatic carbocycles. The average molecular weight is 265 g/mol. The van der Waals surface area contributed by atoms with Crippen molar-refractivity contribution in [2.24, 2.45) is 7.05 Å². The van der Waals surface area contributed by atoms with E-state index < -0.39 is 0 Å². The molecule has 0 amide bonds. The summed E-state index contributed by atoms with van der Waals surface area (Å²) in [5.74, 6) is 0.704. The van der Waals surface area contributed by atoms with Crippen molar-refractivity contribution in [2.45, 2.75) is 0 Å². The second-order valence-electron chi connectivity index (χ2n) is 4.51. The molecular formula is C13H11N7. The predicted octanol–water partition coefficient (Wildman–Crippen LogP) is 1.98. The van der Waals surface area contributed by atoms with Crippen LogP contribution in [-0.2, 0) is 7.05 Å². The van der Waals surface area contributed by atoms with E-state index in [4.69, 9.17) is 0 Å². The average Bonchev–Trinajstić information content (AvgIpc) is 3.05. The summed E-state index contributed by atoms with van der Waals surface area (Å²) in [6.45, 7) is 0. The van der Waals surface area contributed by atoms with E-state index in [-0.39, 0.29) is 0 Å². The Morgan fingerprint density at radius 1 is 1.25 bits per heavy atom. The minimum atomic E-state index is 0.704. The van der Waals surface area contributed by atoms with E-state index in [1.807, 2.05) is 37.4 Å². The number of pyridine rings is 1. The molecule has 7 nitrogen and oxygen atoms in total. The smallest absolute Gasteiger partial charge is 0.178 e. The highest BCUT2D eigenvalue weighted by atomic mass is 15.4. The van der Waals surface area contributed by atoms with Crippen molar-refractivity contribution in [1.29, 1.82) is 0 Å². The van der Waals surface area contributed by atoms with Gasteiger partial charge in [0.25, 0.3) is 0 Å². The Morgan fingerprint density at radius 2 is 2.20 bits per heavy atom. The van der Waals surface area contributed by atoms with Gasteiger partial charge in [-0.3, -0.25) is 10.1 Å². The van der Waals surface area contributed by atoms with Crippen LogP contribution < -0.4 is 5.32 Å². The summed E-state index contributed by atoms with van der Waals surface area (Å²) in [7, 11) is 1.87.